The molecule has 4 nitrogen and oxygen atoms in total. The summed E-state index contributed by atoms with van der Waals surface area (Å²) in [5.41, 5.74) is 3.03. The van der Waals surface area contributed by atoms with E-state index in [0.29, 0.717) is 5.75 Å². The van der Waals surface area contributed by atoms with Crippen LogP contribution in [0.2, 0.25) is 0 Å². The quantitative estimate of drug-likeness (QED) is 0.414. The summed E-state index contributed by atoms with van der Waals surface area (Å²) in [7, 11) is 1.66. The Morgan fingerprint density at radius 1 is 0.900 bits per heavy atom. The van der Waals surface area contributed by atoms with E-state index in [1.54, 1.807) is 7.11 Å². The van der Waals surface area contributed by atoms with Gasteiger partial charge in [0.15, 0.2) is 0 Å². The summed E-state index contributed by atoms with van der Waals surface area (Å²) in [5.74, 6) is 1.99. The molecule has 0 fully saturated rings. The van der Waals surface area contributed by atoms with Gasteiger partial charge in [-0.05, 0) is 43.2 Å². The standard InChI is InChI=1S/C26H26O4/c1-17(27)29-20-12-10-18(11-13-20)24-22-15-14-21(28-4)16-23(22)30-26(2,3)25(24)19-8-6-5-7-9-19/h5-16,24-25H,1-4H3/t24-,25-/m0/s1. The van der Waals surface area contributed by atoms with E-state index in [-0.39, 0.29) is 17.8 Å². The lowest BCUT2D eigenvalue weighted by atomic mass is 9.68. The van der Waals surface area contributed by atoms with Crippen LogP contribution >= 0.6 is 0 Å². The van der Waals surface area contributed by atoms with Crippen LogP contribution in [-0.2, 0) is 4.79 Å². The summed E-state index contributed by atoms with van der Waals surface area (Å²) in [6.07, 6.45) is 0. The fourth-order valence-electron chi connectivity index (χ4n) is 4.45. The Morgan fingerprint density at radius 2 is 1.57 bits per heavy atom. The van der Waals surface area contributed by atoms with Crippen molar-refractivity contribution in [2.24, 2.45) is 0 Å². The molecule has 0 spiro atoms. The van der Waals surface area contributed by atoms with Gasteiger partial charge in [-0.2, -0.15) is 0 Å². The number of carbonyl (C=O) groups is 1. The minimum Gasteiger partial charge on any atom is -0.497 e. The normalized spacial score (nSPS) is 19.3. The second-order valence-electron chi connectivity index (χ2n) is 8.14. The van der Waals surface area contributed by atoms with Crippen LogP contribution in [0, 0.1) is 0 Å². The molecule has 0 amide bonds. The Morgan fingerprint density at radius 3 is 2.20 bits per heavy atom. The summed E-state index contributed by atoms with van der Waals surface area (Å²) in [5, 5.41) is 0. The van der Waals surface area contributed by atoms with Crippen LogP contribution in [-0.4, -0.2) is 18.7 Å². The van der Waals surface area contributed by atoms with Crippen LogP contribution in [0.5, 0.6) is 17.2 Å². The molecule has 2 atom stereocenters. The maximum Gasteiger partial charge on any atom is 0.308 e. The van der Waals surface area contributed by atoms with Crippen molar-refractivity contribution in [1.29, 1.82) is 0 Å². The molecule has 1 aliphatic rings. The van der Waals surface area contributed by atoms with Crippen molar-refractivity contribution in [1.82, 2.24) is 0 Å². The zero-order valence-corrected chi connectivity index (χ0v) is 17.7. The smallest absolute Gasteiger partial charge is 0.308 e. The average molecular weight is 402 g/mol. The van der Waals surface area contributed by atoms with Gasteiger partial charge in [-0.15, -0.1) is 0 Å². The number of ether oxygens (including phenoxy) is 3. The highest BCUT2D eigenvalue weighted by Crippen LogP contribution is 2.53. The molecular formula is C26H26O4. The fourth-order valence-corrected chi connectivity index (χ4v) is 4.45. The van der Waals surface area contributed by atoms with Crippen LogP contribution < -0.4 is 14.2 Å². The van der Waals surface area contributed by atoms with E-state index in [1.807, 2.05) is 42.5 Å². The van der Waals surface area contributed by atoms with Crippen LogP contribution in [0.25, 0.3) is 0 Å². The first kappa shape index (κ1) is 20.0. The number of methoxy groups -OCH3 is 1. The van der Waals surface area contributed by atoms with Gasteiger partial charge in [-0.3, -0.25) is 4.79 Å². The molecule has 0 radical (unpaired) electrons. The van der Waals surface area contributed by atoms with Gasteiger partial charge in [-0.1, -0.05) is 48.5 Å². The van der Waals surface area contributed by atoms with Gasteiger partial charge in [0, 0.05) is 30.4 Å². The SMILES string of the molecule is COc1ccc2c(c1)OC(C)(C)[C@@H](c1ccccc1)[C@H]2c1ccc(OC(C)=O)cc1. The number of hydrogen-bond acceptors (Lipinski definition) is 4. The topological polar surface area (TPSA) is 44.8 Å². The number of esters is 1. The molecule has 1 heterocycles. The van der Waals surface area contributed by atoms with Crippen molar-refractivity contribution in [2.75, 3.05) is 7.11 Å². The molecule has 0 aliphatic carbocycles. The maximum atomic E-state index is 11.3. The molecule has 4 rings (SSSR count). The predicted molar refractivity (Wildman–Crippen MR) is 116 cm³/mol. The largest absolute Gasteiger partial charge is 0.497 e. The van der Waals surface area contributed by atoms with E-state index >= 15 is 0 Å². The van der Waals surface area contributed by atoms with Crippen molar-refractivity contribution >= 4 is 5.97 Å². The average Bonchev–Trinajstić information content (AvgIpc) is 2.72. The zero-order valence-electron chi connectivity index (χ0n) is 17.7. The van der Waals surface area contributed by atoms with Crippen LogP contribution in [0.15, 0.2) is 72.8 Å². The molecule has 154 valence electrons. The highest BCUT2D eigenvalue weighted by atomic mass is 16.5. The third kappa shape index (κ3) is 3.78. The molecule has 0 unspecified atom stereocenters. The van der Waals surface area contributed by atoms with E-state index in [9.17, 15) is 4.79 Å². The second kappa shape index (κ2) is 7.86. The van der Waals surface area contributed by atoms with Crippen molar-refractivity contribution in [2.45, 2.75) is 38.2 Å². The number of fused-ring (bicyclic) bond motifs is 1. The molecule has 3 aromatic carbocycles. The molecule has 0 N–H and O–H groups in total. The Balaban J connectivity index is 1.87. The van der Waals surface area contributed by atoms with Gasteiger partial charge in [0.1, 0.15) is 22.8 Å². The van der Waals surface area contributed by atoms with E-state index in [1.165, 1.54) is 12.5 Å². The lowest BCUT2D eigenvalue weighted by Crippen LogP contribution is -2.43. The monoisotopic (exact) mass is 402 g/mol. The minimum absolute atomic E-state index is 0.0726. The number of rotatable bonds is 4. The highest BCUT2D eigenvalue weighted by molar-refractivity contribution is 5.69. The Labute approximate surface area is 177 Å². The molecule has 3 aromatic rings. The highest BCUT2D eigenvalue weighted by Gasteiger charge is 2.45. The van der Waals surface area contributed by atoms with E-state index < -0.39 is 5.60 Å². The number of hydrogen-bond donors (Lipinski definition) is 0. The molecule has 0 saturated heterocycles. The van der Waals surface area contributed by atoms with E-state index in [4.69, 9.17) is 14.2 Å². The summed E-state index contributed by atoms with van der Waals surface area (Å²) in [6.45, 7) is 5.67. The zero-order chi connectivity index (χ0) is 21.3. The lowest BCUT2D eigenvalue weighted by molar-refractivity contribution is -0.131. The first-order valence-corrected chi connectivity index (χ1v) is 10.1. The van der Waals surface area contributed by atoms with Gasteiger partial charge < -0.3 is 14.2 Å². The van der Waals surface area contributed by atoms with Crippen molar-refractivity contribution in [3.63, 3.8) is 0 Å². The summed E-state index contributed by atoms with van der Waals surface area (Å²) >= 11 is 0. The second-order valence-corrected chi connectivity index (χ2v) is 8.14. The third-order valence-corrected chi connectivity index (χ3v) is 5.67. The van der Waals surface area contributed by atoms with Gasteiger partial charge in [-0.25, -0.2) is 0 Å². The molecule has 0 bridgehead atoms. The molecule has 0 aromatic heterocycles. The Kier molecular flexibility index (Phi) is 5.25. The summed E-state index contributed by atoms with van der Waals surface area (Å²) in [6, 6.07) is 24.3. The lowest BCUT2D eigenvalue weighted by Gasteiger charge is -2.45. The number of benzene rings is 3. The van der Waals surface area contributed by atoms with Crippen LogP contribution in [0.1, 0.15) is 49.3 Å². The van der Waals surface area contributed by atoms with Crippen molar-refractivity contribution in [3.05, 3.63) is 89.5 Å². The van der Waals surface area contributed by atoms with E-state index in [0.717, 1.165) is 22.6 Å². The summed E-state index contributed by atoms with van der Waals surface area (Å²) < 4.78 is 17.2. The molecule has 1 aliphatic heterocycles. The Bertz CT molecular complexity index is 1040. The number of carbonyl (C=O) groups excluding carboxylic acids is 1. The van der Waals surface area contributed by atoms with Crippen molar-refractivity contribution in [3.8, 4) is 17.2 Å². The first-order chi connectivity index (χ1) is 14.4. The van der Waals surface area contributed by atoms with Gasteiger partial charge in [0.2, 0.25) is 0 Å². The Hall–Kier alpha value is -3.27. The molecule has 0 saturated carbocycles. The van der Waals surface area contributed by atoms with Gasteiger partial charge in [0.05, 0.1) is 7.11 Å². The fraction of sp³-hybridized carbons (Fsp3) is 0.269. The minimum atomic E-state index is -0.445. The van der Waals surface area contributed by atoms with Crippen molar-refractivity contribution < 1.29 is 19.0 Å². The van der Waals surface area contributed by atoms with Gasteiger partial charge in [0.25, 0.3) is 0 Å². The van der Waals surface area contributed by atoms with E-state index in [2.05, 4.69) is 44.2 Å². The molecule has 30 heavy (non-hydrogen) atoms. The molecule has 4 heteroatoms. The van der Waals surface area contributed by atoms with Crippen LogP contribution in [0.3, 0.4) is 0 Å². The van der Waals surface area contributed by atoms with Crippen LogP contribution in [0.4, 0.5) is 0 Å². The molecular weight excluding hydrogens is 376 g/mol. The third-order valence-electron chi connectivity index (χ3n) is 5.67. The first-order valence-electron chi connectivity index (χ1n) is 10.1. The summed E-state index contributed by atoms with van der Waals surface area (Å²) in [4.78, 5) is 11.3. The predicted octanol–water partition coefficient (Wildman–Crippen LogP) is 5.71. The maximum absolute atomic E-state index is 11.3. The van der Waals surface area contributed by atoms with Gasteiger partial charge >= 0.3 is 5.97 Å².